The lowest BCUT2D eigenvalue weighted by Gasteiger charge is -2.34. The zero-order valence-electron chi connectivity index (χ0n) is 14.0. The average Bonchev–Trinajstić information content (AvgIpc) is 2.61. The van der Waals surface area contributed by atoms with E-state index in [0.717, 1.165) is 4.90 Å². The molecule has 1 aromatic carbocycles. The van der Waals surface area contributed by atoms with Crippen molar-refractivity contribution in [2.45, 2.75) is 12.3 Å². The van der Waals surface area contributed by atoms with Gasteiger partial charge in [-0.25, -0.2) is 8.78 Å². The first-order valence-electron chi connectivity index (χ1n) is 7.71. The number of para-hydroxylation sites is 2. The number of amides is 2. The number of halogens is 4. The summed E-state index contributed by atoms with van der Waals surface area (Å²) in [6, 6.07) is 6.87. The predicted molar refractivity (Wildman–Crippen MR) is 83.7 cm³/mol. The monoisotopic (exact) mass is 378 g/mol. The summed E-state index contributed by atoms with van der Waals surface area (Å²) in [4.78, 5) is 26.8. The average molecular weight is 378 g/mol. The third-order valence-electron chi connectivity index (χ3n) is 3.79. The van der Waals surface area contributed by atoms with E-state index in [9.17, 15) is 27.2 Å². The Bertz CT molecular complexity index is 657. The van der Waals surface area contributed by atoms with Crippen LogP contribution in [0.15, 0.2) is 24.3 Å². The fourth-order valence-corrected chi connectivity index (χ4v) is 2.42. The van der Waals surface area contributed by atoms with Gasteiger partial charge >= 0.3 is 12.3 Å². The second-order valence-electron chi connectivity index (χ2n) is 5.59. The molecular weight excluding hydrogens is 360 g/mol. The van der Waals surface area contributed by atoms with E-state index in [1.807, 2.05) is 0 Å². The quantitative estimate of drug-likeness (QED) is 0.679. The molecule has 1 heterocycles. The third-order valence-corrected chi connectivity index (χ3v) is 3.79. The molecule has 2 amide bonds. The van der Waals surface area contributed by atoms with Gasteiger partial charge in [-0.15, -0.1) is 0 Å². The van der Waals surface area contributed by atoms with Crippen molar-refractivity contribution in [1.29, 1.82) is 0 Å². The molecule has 2 rings (SSSR count). The number of ether oxygens (including phenoxy) is 2. The highest BCUT2D eigenvalue weighted by Gasteiger charge is 2.41. The number of carbonyl (C=O) groups excluding carboxylic acids is 2. The highest BCUT2D eigenvalue weighted by Crippen LogP contribution is 2.29. The van der Waals surface area contributed by atoms with Crippen LogP contribution in [0, 0.1) is 0 Å². The van der Waals surface area contributed by atoms with Gasteiger partial charge in [0.1, 0.15) is 25.5 Å². The number of carbonyl (C=O) groups is 2. The standard InChI is InChI=1S/C16H18F4N2O4/c1-25-12-5-3-2-4-11(12)22-7-6-21(8-13(22)23)14(24)9-26-10-16(19,20)15(17)18/h2-5,15H,6-10H2,1H3. The van der Waals surface area contributed by atoms with Crippen LogP contribution in [-0.4, -0.2) is 69.0 Å². The summed E-state index contributed by atoms with van der Waals surface area (Å²) in [7, 11) is 1.47. The van der Waals surface area contributed by atoms with E-state index in [-0.39, 0.29) is 25.5 Å². The summed E-state index contributed by atoms with van der Waals surface area (Å²) in [5, 5.41) is 0. The van der Waals surface area contributed by atoms with E-state index >= 15 is 0 Å². The van der Waals surface area contributed by atoms with Crippen molar-refractivity contribution in [1.82, 2.24) is 4.90 Å². The molecule has 1 saturated heterocycles. The van der Waals surface area contributed by atoms with Gasteiger partial charge in [-0.2, -0.15) is 8.78 Å². The number of benzene rings is 1. The van der Waals surface area contributed by atoms with Crippen molar-refractivity contribution in [3.63, 3.8) is 0 Å². The van der Waals surface area contributed by atoms with Crippen LogP contribution in [0.5, 0.6) is 5.75 Å². The molecule has 0 bridgehead atoms. The topological polar surface area (TPSA) is 59.1 Å². The van der Waals surface area contributed by atoms with Crippen molar-refractivity contribution in [3.05, 3.63) is 24.3 Å². The van der Waals surface area contributed by atoms with Gasteiger partial charge in [0.05, 0.1) is 12.8 Å². The Morgan fingerprint density at radius 1 is 1.27 bits per heavy atom. The van der Waals surface area contributed by atoms with Gasteiger partial charge in [0.25, 0.3) is 0 Å². The largest absolute Gasteiger partial charge is 0.495 e. The van der Waals surface area contributed by atoms with Crippen molar-refractivity contribution in [2.75, 3.05) is 44.9 Å². The van der Waals surface area contributed by atoms with Crippen LogP contribution >= 0.6 is 0 Å². The molecule has 0 saturated carbocycles. The van der Waals surface area contributed by atoms with E-state index in [1.54, 1.807) is 24.3 Å². The van der Waals surface area contributed by atoms with Gasteiger partial charge in [-0.3, -0.25) is 9.59 Å². The lowest BCUT2D eigenvalue weighted by atomic mass is 10.2. The summed E-state index contributed by atoms with van der Waals surface area (Å²) in [5.41, 5.74) is 0.555. The first-order valence-corrected chi connectivity index (χ1v) is 7.71. The highest BCUT2D eigenvalue weighted by molar-refractivity contribution is 5.99. The van der Waals surface area contributed by atoms with Crippen molar-refractivity contribution in [2.24, 2.45) is 0 Å². The molecule has 1 aliphatic rings. The van der Waals surface area contributed by atoms with Crippen LogP contribution in [0.25, 0.3) is 0 Å². The molecule has 0 aliphatic carbocycles. The summed E-state index contributed by atoms with van der Waals surface area (Å²) in [6.45, 7) is -2.31. The first-order chi connectivity index (χ1) is 12.3. The summed E-state index contributed by atoms with van der Waals surface area (Å²) >= 11 is 0. The second-order valence-corrected chi connectivity index (χ2v) is 5.59. The Hall–Kier alpha value is -2.36. The molecule has 10 heteroatoms. The van der Waals surface area contributed by atoms with Gasteiger partial charge in [-0.1, -0.05) is 12.1 Å². The molecule has 0 aromatic heterocycles. The van der Waals surface area contributed by atoms with Gasteiger partial charge in [0, 0.05) is 13.1 Å². The molecular formula is C16H18F4N2O4. The Labute approximate surface area is 147 Å². The number of rotatable bonds is 7. The SMILES string of the molecule is COc1ccccc1N1CCN(C(=O)COCC(F)(F)C(F)F)CC1=O. The van der Waals surface area contributed by atoms with E-state index in [1.165, 1.54) is 12.0 Å². The number of hydrogen-bond donors (Lipinski definition) is 0. The Morgan fingerprint density at radius 3 is 2.58 bits per heavy atom. The predicted octanol–water partition coefficient (Wildman–Crippen LogP) is 1.79. The second kappa shape index (κ2) is 8.35. The minimum absolute atomic E-state index is 0.150. The maximum Gasteiger partial charge on any atom is 0.330 e. The number of piperazine rings is 1. The van der Waals surface area contributed by atoms with E-state index < -0.39 is 31.5 Å². The van der Waals surface area contributed by atoms with Crippen LogP contribution in [-0.2, 0) is 14.3 Å². The molecule has 1 fully saturated rings. The summed E-state index contributed by atoms with van der Waals surface area (Å²) < 4.78 is 59.1. The van der Waals surface area contributed by atoms with Crippen LogP contribution < -0.4 is 9.64 Å². The summed E-state index contributed by atoms with van der Waals surface area (Å²) in [6.07, 6.45) is -3.87. The third kappa shape index (κ3) is 4.63. The van der Waals surface area contributed by atoms with Crippen molar-refractivity contribution < 1.29 is 36.6 Å². The molecule has 0 unspecified atom stereocenters. The minimum Gasteiger partial charge on any atom is -0.495 e. The van der Waals surface area contributed by atoms with Gasteiger partial charge < -0.3 is 19.3 Å². The molecule has 0 radical (unpaired) electrons. The number of nitrogens with zero attached hydrogens (tertiary/aromatic N) is 2. The molecule has 0 N–H and O–H groups in total. The molecule has 1 aliphatic heterocycles. The van der Waals surface area contributed by atoms with E-state index in [0.29, 0.717) is 11.4 Å². The van der Waals surface area contributed by atoms with Crippen LogP contribution in [0.2, 0.25) is 0 Å². The van der Waals surface area contributed by atoms with Crippen molar-refractivity contribution in [3.8, 4) is 5.75 Å². The van der Waals surface area contributed by atoms with Gasteiger partial charge in [0.15, 0.2) is 0 Å². The van der Waals surface area contributed by atoms with E-state index in [2.05, 4.69) is 4.74 Å². The molecule has 26 heavy (non-hydrogen) atoms. The Morgan fingerprint density at radius 2 is 1.96 bits per heavy atom. The number of hydrogen-bond acceptors (Lipinski definition) is 4. The van der Waals surface area contributed by atoms with Crippen molar-refractivity contribution >= 4 is 17.5 Å². The lowest BCUT2D eigenvalue weighted by Crippen LogP contribution is -2.53. The fraction of sp³-hybridized carbons (Fsp3) is 0.500. The zero-order valence-corrected chi connectivity index (χ0v) is 14.0. The molecule has 1 aromatic rings. The zero-order chi connectivity index (χ0) is 19.3. The number of alkyl halides is 4. The fourth-order valence-electron chi connectivity index (χ4n) is 2.42. The van der Waals surface area contributed by atoms with Crippen LogP contribution in [0.1, 0.15) is 0 Å². The van der Waals surface area contributed by atoms with E-state index in [4.69, 9.17) is 4.74 Å². The molecule has 0 atom stereocenters. The maximum absolute atomic E-state index is 12.7. The molecule has 0 spiro atoms. The molecule has 144 valence electrons. The van der Waals surface area contributed by atoms with Crippen LogP contribution in [0.4, 0.5) is 23.2 Å². The van der Waals surface area contributed by atoms with Crippen LogP contribution in [0.3, 0.4) is 0 Å². The number of anilines is 1. The highest BCUT2D eigenvalue weighted by atomic mass is 19.3. The maximum atomic E-state index is 12.7. The lowest BCUT2D eigenvalue weighted by molar-refractivity contribution is -0.171. The Kier molecular flexibility index (Phi) is 6.41. The summed E-state index contributed by atoms with van der Waals surface area (Å²) in [5.74, 6) is -4.92. The number of methoxy groups -OCH3 is 1. The smallest absolute Gasteiger partial charge is 0.330 e. The normalized spacial score (nSPS) is 15.5. The first kappa shape index (κ1) is 20.0. The van der Waals surface area contributed by atoms with Gasteiger partial charge in [0.2, 0.25) is 11.8 Å². The Balaban J connectivity index is 1.90. The van der Waals surface area contributed by atoms with Gasteiger partial charge in [-0.05, 0) is 12.1 Å². The molecule has 6 nitrogen and oxygen atoms in total. The minimum atomic E-state index is -4.32.